The van der Waals surface area contributed by atoms with Crippen molar-refractivity contribution >= 4 is 56.9 Å². The molecule has 0 unspecified atom stereocenters. The van der Waals surface area contributed by atoms with Crippen molar-refractivity contribution in [1.82, 2.24) is 19.9 Å². The van der Waals surface area contributed by atoms with E-state index in [0.717, 1.165) is 50.5 Å². The fraction of sp³-hybridized carbons (Fsp3) is 0.133. The number of benzene rings is 2. The van der Waals surface area contributed by atoms with Crippen molar-refractivity contribution < 1.29 is 4.79 Å². The van der Waals surface area contributed by atoms with E-state index in [2.05, 4.69) is 60.0 Å². The number of rotatable bonds is 7. The molecule has 1 amide bonds. The molecule has 3 N–H and O–H groups in total. The van der Waals surface area contributed by atoms with Crippen molar-refractivity contribution in [3.05, 3.63) is 84.9 Å². The molecule has 0 radical (unpaired) electrons. The number of aromatic nitrogens is 4. The SMILES string of the molecule is CNc1cc(-c2cccnc2Nc2c(C)ccc3c(Nc4cccc(N5N=C(C)CC5=O)c4)nccc23)ncn1. The minimum absolute atomic E-state index is 0.0397. The van der Waals surface area contributed by atoms with Gasteiger partial charge in [0.1, 0.15) is 23.8 Å². The second-order valence-electron chi connectivity index (χ2n) is 9.47. The first kappa shape index (κ1) is 24.9. The van der Waals surface area contributed by atoms with Crippen molar-refractivity contribution in [2.45, 2.75) is 20.3 Å². The topological polar surface area (TPSA) is 120 Å². The summed E-state index contributed by atoms with van der Waals surface area (Å²) in [5, 5.41) is 17.8. The van der Waals surface area contributed by atoms with Crippen LogP contribution in [-0.2, 0) is 4.79 Å². The number of pyridine rings is 2. The quantitative estimate of drug-likeness (QED) is 0.233. The van der Waals surface area contributed by atoms with Gasteiger partial charge in [0.15, 0.2) is 0 Å². The highest BCUT2D eigenvalue weighted by Crippen LogP contribution is 2.36. The number of nitrogens with zero attached hydrogens (tertiary/aromatic N) is 6. The average Bonchev–Trinajstić information content (AvgIpc) is 3.32. The van der Waals surface area contributed by atoms with Crippen LogP contribution in [0.3, 0.4) is 0 Å². The number of nitrogens with one attached hydrogen (secondary N) is 3. The number of carbonyl (C=O) groups is 1. The summed E-state index contributed by atoms with van der Waals surface area (Å²) >= 11 is 0. The van der Waals surface area contributed by atoms with Gasteiger partial charge < -0.3 is 16.0 Å². The molecular formula is C30H27N9O. The molecule has 0 saturated heterocycles. The van der Waals surface area contributed by atoms with Crippen LogP contribution in [0.4, 0.5) is 34.5 Å². The predicted octanol–water partition coefficient (Wildman–Crippen LogP) is 6.04. The molecule has 0 bridgehead atoms. The van der Waals surface area contributed by atoms with Gasteiger partial charge in [-0.05, 0) is 55.8 Å². The van der Waals surface area contributed by atoms with Gasteiger partial charge in [0.05, 0.1) is 23.5 Å². The molecule has 198 valence electrons. The summed E-state index contributed by atoms with van der Waals surface area (Å²) in [6, 6.07) is 19.5. The van der Waals surface area contributed by atoms with E-state index >= 15 is 0 Å². The third-order valence-electron chi connectivity index (χ3n) is 6.67. The van der Waals surface area contributed by atoms with Gasteiger partial charge in [0.25, 0.3) is 5.91 Å². The monoisotopic (exact) mass is 529 g/mol. The standard InChI is InChI=1S/C30H27N9O/c1-18-9-10-23-22(28(18)37-30-24(8-5-12-32-30)25-16-26(31-3)35-17-34-25)11-13-33-29(23)36-20-6-4-7-21(15-20)39-27(40)14-19(2)38-39/h4-13,15-17H,14H2,1-3H3,(H,32,37)(H,33,36)(H,31,34,35). The van der Waals surface area contributed by atoms with Crippen LogP contribution < -0.4 is 21.0 Å². The molecule has 40 heavy (non-hydrogen) atoms. The lowest BCUT2D eigenvalue weighted by molar-refractivity contribution is -0.116. The molecule has 0 atom stereocenters. The van der Waals surface area contributed by atoms with E-state index in [-0.39, 0.29) is 5.91 Å². The van der Waals surface area contributed by atoms with E-state index in [1.807, 2.05) is 62.5 Å². The fourth-order valence-electron chi connectivity index (χ4n) is 4.71. The Kier molecular flexibility index (Phi) is 6.49. The average molecular weight is 530 g/mol. The Morgan fingerprint density at radius 1 is 0.825 bits per heavy atom. The first-order chi connectivity index (χ1) is 19.5. The normalized spacial score (nSPS) is 12.9. The van der Waals surface area contributed by atoms with Gasteiger partial charge in [-0.2, -0.15) is 5.10 Å². The van der Waals surface area contributed by atoms with E-state index in [4.69, 9.17) is 0 Å². The summed E-state index contributed by atoms with van der Waals surface area (Å²) in [5.41, 5.74) is 5.90. The Bertz CT molecular complexity index is 1780. The van der Waals surface area contributed by atoms with Crippen molar-refractivity contribution in [2.75, 3.05) is 28.0 Å². The van der Waals surface area contributed by atoms with E-state index in [1.54, 1.807) is 12.4 Å². The minimum atomic E-state index is -0.0397. The molecule has 6 rings (SSSR count). The van der Waals surface area contributed by atoms with E-state index in [9.17, 15) is 4.79 Å². The number of hydrazone groups is 1. The molecule has 4 heterocycles. The Morgan fingerprint density at radius 3 is 2.52 bits per heavy atom. The van der Waals surface area contributed by atoms with Crippen LogP contribution in [0.25, 0.3) is 22.0 Å². The van der Waals surface area contributed by atoms with Gasteiger partial charge in [-0.1, -0.05) is 18.2 Å². The van der Waals surface area contributed by atoms with Gasteiger partial charge in [-0.3, -0.25) is 4.79 Å². The fourth-order valence-corrected chi connectivity index (χ4v) is 4.71. The second kappa shape index (κ2) is 10.4. The summed E-state index contributed by atoms with van der Waals surface area (Å²) < 4.78 is 0. The molecule has 2 aromatic carbocycles. The summed E-state index contributed by atoms with van der Waals surface area (Å²) in [6.07, 6.45) is 5.40. The summed E-state index contributed by atoms with van der Waals surface area (Å²) in [5.74, 6) is 2.06. The number of hydrogen-bond acceptors (Lipinski definition) is 9. The molecule has 0 spiro atoms. The van der Waals surface area contributed by atoms with Crippen LogP contribution in [0.5, 0.6) is 0 Å². The number of aryl methyl sites for hydroxylation is 1. The second-order valence-corrected chi connectivity index (χ2v) is 9.47. The smallest absolute Gasteiger partial charge is 0.253 e. The largest absolute Gasteiger partial charge is 0.373 e. The molecule has 1 aliphatic heterocycles. The Balaban J connectivity index is 1.36. The van der Waals surface area contributed by atoms with Crippen LogP contribution in [0.1, 0.15) is 18.9 Å². The lowest BCUT2D eigenvalue weighted by Gasteiger charge is -2.17. The Labute approximate surface area is 231 Å². The van der Waals surface area contributed by atoms with E-state index in [0.29, 0.717) is 23.7 Å². The molecule has 10 nitrogen and oxygen atoms in total. The van der Waals surface area contributed by atoms with Crippen molar-refractivity contribution in [1.29, 1.82) is 0 Å². The van der Waals surface area contributed by atoms with Crippen LogP contribution in [0.2, 0.25) is 0 Å². The van der Waals surface area contributed by atoms with Crippen LogP contribution in [0, 0.1) is 6.92 Å². The van der Waals surface area contributed by atoms with Crippen molar-refractivity contribution in [3.63, 3.8) is 0 Å². The third kappa shape index (κ3) is 4.78. The van der Waals surface area contributed by atoms with E-state index in [1.165, 1.54) is 11.3 Å². The minimum Gasteiger partial charge on any atom is -0.373 e. The van der Waals surface area contributed by atoms with Gasteiger partial charge in [0.2, 0.25) is 0 Å². The first-order valence-corrected chi connectivity index (χ1v) is 12.8. The van der Waals surface area contributed by atoms with Gasteiger partial charge in [-0.15, -0.1) is 0 Å². The molecule has 5 aromatic rings. The Morgan fingerprint density at radius 2 is 1.70 bits per heavy atom. The third-order valence-corrected chi connectivity index (χ3v) is 6.67. The molecular weight excluding hydrogens is 502 g/mol. The van der Waals surface area contributed by atoms with Gasteiger partial charge in [0, 0.05) is 53.2 Å². The molecule has 3 aromatic heterocycles. The highest BCUT2D eigenvalue weighted by Gasteiger charge is 2.23. The zero-order valence-electron chi connectivity index (χ0n) is 22.3. The van der Waals surface area contributed by atoms with Crippen molar-refractivity contribution in [2.24, 2.45) is 5.10 Å². The number of fused-ring (bicyclic) bond motifs is 1. The molecule has 0 saturated carbocycles. The lowest BCUT2D eigenvalue weighted by Crippen LogP contribution is -2.19. The number of carbonyl (C=O) groups excluding carboxylic acids is 1. The lowest BCUT2D eigenvalue weighted by atomic mass is 10.0. The maximum atomic E-state index is 12.4. The molecule has 0 aliphatic carbocycles. The summed E-state index contributed by atoms with van der Waals surface area (Å²) in [7, 11) is 1.82. The predicted molar refractivity (Wildman–Crippen MR) is 160 cm³/mol. The molecule has 10 heteroatoms. The first-order valence-electron chi connectivity index (χ1n) is 12.8. The zero-order chi connectivity index (χ0) is 27.6. The van der Waals surface area contributed by atoms with Gasteiger partial charge >= 0.3 is 0 Å². The van der Waals surface area contributed by atoms with Crippen molar-refractivity contribution in [3.8, 4) is 11.3 Å². The zero-order valence-corrected chi connectivity index (χ0v) is 22.3. The van der Waals surface area contributed by atoms with Crippen LogP contribution >= 0.6 is 0 Å². The molecule has 1 aliphatic rings. The number of hydrogen-bond donors (Lipinski definition) is 3. The summed E-state index contributed by atoms with van der Waals surface area (Å²) in [4.78, 5) is 30.3. The number of amides is 1. The summed E-state index contributed by atoms with van der Waals surface area (Å²) in [6.45, 7) is 3.91. The van der Waals surface area contributed by atoms with Gasteiger partial charge in [-0.25, -0.2) is 24.9 Å². The highest BCUT2D eigenvalue weighted by molar-refractivity contribution is 6.12. The maximum absolute atomic E-state index is 12.4. The van der Waals surface area contributed by atoms with Crippen LogP contribution in [-0.4, -0.2) is 38.6 Å². The van der Waals surface area contributed by atoms with Crippen LogP contribution in [0.15, 0.2) is 84.5 Å². The Hall–Kier alpha value is -5.38. The maximum Gasteiger partial charge on any atom is 0.253 e. The van der Waals surface area contributed by atoms with E-state index < -0.39 is 0 Å². The highest BCUT2D eigenvalue weighted by atomic mass is 16.2. The molecule has 0 fully saturated rings. The number of anilines is 6.